The van der Waals surface area contributed by atoms with E-state index in [4.69, 9.17) is 5.73 Å². The highest BCUT2D eigenvalue weighted by Gasteiger charge is 2.10. The molecule has 0 spiro atoms. The quantitative estimate of drug-likeness (QED) is 0.468. The fraction of sp³-hybridized carbons (Fsp3) is 0.571. The molecule has 4 N–H and O–H groups in total. The fourth-order valence-electron chi connectivity index (χ4n) is 1.07. The molecule has 62 valence electrons. The van der Waals surface area contributed by atoms with Crippen molar-refractivity contribution >= 4 is 5.78 Å². The molecule has 1 heterocycles. The van der Waals surface area contributed by atoms with Crippen molar-refractivity contribution in [3.05, 3.63) is 11.4 Å². The van der Waals surface area contributed by atoms with Gasteiger partial charge in [0, 0.05) is 12.1 Å². The highest BCUT2D eigenvalue weighted by molar-refractivity contribution is 5.93. The lowest BCUT2D eigenvalue weighted by Crippen LogP contribution is -2.29. The summed E-state index contributed by atoms with van der Waals surface area (Å²) < 4.78 is 0. The Labute approximate surface area is 65.8 Å². The Morgan fingerprint density at radius 3 is 3.00 bits per heavy atom. The van der Waals surface area contributed by atoms with Gasteiger partial charge < -0.3 is 11.1 Å². The predicted molar refractivity (Wildman–Crippen MR) is 42.5 cm³/mol. The molecule has 4 heteroatoms. The van der Waals surface area contributed by atoms with E-state index in [9.17, 15) is 4.79 Å². The number of nitrogens with one attached hydrogen (secondary N) is 2. The number of carbonyl (C=O) groups excluding carboxylic acids is 1. The van der Waals surface area contributed by atoms with Gasteiger partial charge in [-0.05, 0) is 13.3 Å². The van der Waals surface area contributed by atoms with Crippen molar-refractivity contribution in [1.82, 2.24) is 10.6 Å². The van der Waals surface area contributed by atoms with E-state index in [-0.39, 0.29) is 5.78 Å². The van der Waals surface area contributed by atoms with Crippen LogP contribution in [-0.4, -0.2) is 19.0 Å². The minimum absolute atomic E-state index is 0.0544. The summed E-state index contributed by atoms with van der Waals surface area (Å²) in [6.45, 7) is 2.99. The van der Waals surface area contributed by atoms with Gasteiger partial charge in [0.25, 0.3) is 0 Å². The summed E-state index contributed by atoms with van der Waals surface area (Å²) in [6.07, 6.45) is 0.716. The smallest absolute Gasteiger partial charge is 0.159 e. The lowest BCUT2D eigenvalue weighted by molar-refractivity contribution is -0.113. The van der Waals surface area contributed by atoms with Crippen LogP contribution in [0.4, 0.5) is 0 Å². The first-order valence-electron chi connectivity index (χ1n) is 3.66. The molecule has 0 radical (unpaired) electrons. The summed E-state index contributed by atoms with van der Waals surface area (Å²) in [5.41, 5.74) is 6.29. The Morgan fingerprint density at radius 1 is 1.64 bits per heavy atom. The number of nitrogens with two attached hydrogens (primary N) is 1. The second-order valence-electron chi connectivity index (χ2n) is 2.55. The Morgan fingerprint density at radius 2 is 2.36 bits per heavy atom. The summed E-state index contributed by atoms with van der Waals surface area (Å²) in [4.78, 5) is 11.0. The maximum absolute atomic E-state index is 11.0. The monoisotopic (exact) mass is 155 g/mol. The van der Waals surface area contributed by atoms with Gasteiger partial charge in [-0.15, -0.1) is 0 Å². The molecule has 1 aliphatic heterocycles. The maximum Gasteiger partial charge on any atom is 0.159 e. The maximum atomic E-state index is 11.0. The van der Waals surface area contributed by atoms with Gasteiger partial charge in [-0.1, -0.05) is 0 Å². The number of hydrogen-bond acceptors (Lipinski definition) is 4. The van der Waals surface area contributed by atoms with Crippen LogP contribution in [0.25, 0.3) is 0 Å². The van der Waals surface area contributed by atoms with Crippen LogP contribution in [-0.2, 0) is 4.79 Å². The Kier molecular flexibility index (Phi) is 2.48. The van der Waals surface area contributed by atoms with Crippen LogP contribution in [0.1, 0.15) is 13.3 Å². The third-order valence-corrected chi connectivity index (χ3v) is 1.71. The molecule has 1 rings (SSSR count). The summed E-state index contributed by atoms with van der Waals surface area (Å²) in [6, 6.07) is 0. The van der Waals surface area contributed by atoms with Crippen LogP contribution >= 0.6 is 0 Å². The summed E-state index contributed by atoms with van der Waals surface area (Å²) in [7, 11) is 0. The van der Waals surface area contributed by atoms with Crippen molar-refractivity contribution < 1.29 is 4.79 Å². The van der Waals surface area contributed by atoms with Crippen LogP contribution in [0, 0.1) is 0 Å². The van der Waals surface area contributed by atoms with Gasteiger partial charge in [0.05, 0.1) is 6.67 Å². The van der Waals surface area contributed by atoms with Crippen LogP contribution in [0.15, 0.2) is 11.4 Å². The third-order valence-electron chi connectivity index (χ3n) is 1.71. The topological polar surface area (TPSA) is 67.2 Å². The van der Waals surface area contributed by atoms with E-state index in [1.54, 1.807) is 0 Å². The van der Waals surface area contributed by atoms with Gasteiger partial charge in [0.1, 0.15) is 5.82 Å². The van der Waals surface area contributed by atoms with E-state index in [1.807, 2.05) is 0 Å². The molecule has 0 saturated carbocycles. The standard InChI is InChI=1S/C7H13N3O/c1-5(11)6-2-3-9-4-10-7(6)8/h9-10H,2-4,8H2,1H3. The average molecular weight is 155 g/mol. The van der Waals surface area contributed by atoms with Crippen LogP contribution in [0.5, 0.6) is 0 Å². The van der Waals surface area contributed by atoms with Crippen LogP contribution < -0.4 is 16.4 Å². The first-order chi connectivity index (χ1) is 5.22. The molecule has 0 aromatic carbocycles. The summed E-state index contributed by atoms with van der Waals surface area (Å²) >= 11 is 0. The van der Waals surface area contributed by atoms with Gasteiger partial charge in [0.2, 0.25) is 0 Å². The van der Waals surface area contributed by atoms with Gasteiger partial charge in [-0.2, -0.15) is 0 Å². The Bertz CT molecular complexity index is 198. The third kappa shape index (κ3) is 1.94. The number of rotatable bonds is 1. The van der Waals surface area contributed by atoms with Crippen molar-refractivity contribution in [3.63, 3.8) is 0 Å². The molecule has 0 aromatic heterocycles. The Balaban J connectivity index is 2.76. The number of ketones is 1. The minimum atomic E-state index is 0.0544. The highest BCUT2D eigenvalue weighted by Crippen LogP contribution is 2.05. The molecule has 0 atom stereocenters. The molecule has 0 unspecified atom stereocenters. The molecule has 1 aliphatic rings. The van der Waals surface area contributed by atoms with E-state index < -0.39 is 0 Å². The van der Waals surface area contributed by atoms with E-state index in [2.05, 4.69) is 10.6 Å². The van der Waals surface area contributed by atoms with Crippen molar-refractivity contribution in [2.24, 2.45) is 5.73 Å². The van der Waals surface area contributed by atoms with Crippen LogP contribution in [0.2, 0.25) is 0 Å². The molecular weight excluding hydrogens is 142 g/mol. The van der Waals surface area contributed by atoms with Gasteiger partial charge in [-0.25, -0.2) is 0 Å². The lowest BCUT2D eigenvalue weighted by Gasteiger charge is -2.04. The lowest BCUT2D eigenvalue weighted by atomic mass is 10.1. The van der Waals surface area contributed by atoms with Gasteiger partial charge in [0.15, 0.2) is 5.78 Å². The van der Waals surface area contributed by atoms with Crippen LogP contribution in [0.3, 0.4) is 0 Å². The van der Waals surface area contributed by atoms with Crippen molar-refractivity contribution in [1.29, 1.82) is 0 Å². The van der Waals surface area contributed by atoms with E-state index in [0.29, 0.717) is 24.5 Å². The van der Waals surface area contributed by atoms with Gasteiger partial charge >= 0.3 is 0 Å². The van der Waals surface area contributed by atoms with Gasteiger partial charge in [-0.3, -0.25) is 10.1 Å². The number of Topliss-reactive ketones (excluding diaryl/α,β-unsaturated/α-hetero) is 1. The molecule has 0 amide bonds. The molecule has 0 saturated heterocycles. The molecular formula is C7H13N3O. The molecule has 0 bridgehead atoms. The van der Waals surface area contributed by atoms with Crippen molar-refractivity contribution in [2.75, 3.05) is 13.2 Å². The van der Waals surface area contributed by atoms with E-state index in [0.717, 1.165) is 6.54 Å². The second-order valence-corrected chi connectivity index (χ2v) is 2.55. The molecule has 0 fully saturated rings. The normalized spacial score (nSPS) is 19.0. The van der Waals surface area contributed by atoms with Crippen molar-refractivity contribution in [3.8, 4) is 0 Å². The molecule has 4 nitrogen and oxygen atoms in total. The first-order valence-corrected chi connectivity index (χ1v) is 3.66. The molecule has 0 aromatic rings. The molecule has 0 aliphatic carbocycles. The SMILES string of the molecule is CC(=O)C1=C(N)NCNCC1. The second kappa shape index (κ2) is 3.39. The summed E-state index contributed by atoms with van der Waals surface area (Å²) in [5, 5.41) is 5.98. The molecule has 11 heavy (non-hydrogen) atoms. The van der Waals surface area contributed by atoms with Crippen molar-refractivity contribution in [2.45, 2.75) is 13.3 Å². The van der Waals surface area contributed by atoms with E-state index in [1.165, 1.54) is 6.92 Å². The Hall–Kier alpha value is -1.03. The zero-order chi connectivity index (χ0) is 8.27. The highest BCUT2D eigenvalue weighted by atomic mass is 16.1. The first kappa shape index (κ1) is 8.07. The summed E-state index contributed by atoms with van der Waals surface area (Å²) in [5.74, 6) is 0.571. The number of hydrogen-bond donors (Lipinski definition) is 3. The average Bonchev–Trinajstić information content (AvgIpc) is 2.13. The minimum Gasteiger partial charge on any atom is -0.385 e. The zero-order valence-electron chi connectivity index (χ0n) is 6.61. The largest absolute Gasteiger partial charge is 0.385 e. The predicted octanol–water partition coefficient (Wildman–Crippen LogP) is -0.714. The fourth-order valence-corrected chi connectivity index (χ4v) is 1.07. The number of carbonyl (C=O) groups is 1. The zero-order valence-corrected chi connectivity index (χ0v) is 6.61. The van der Waals surface area contributed by atoms with E-state index >= 15 is 0 Å².